The Morgan fingerprint density at radius 2 is 1.92 bits per heavy atom. The van der Waals surface area contributed by atoms with E-state index in [1.165, 1.54) is 12.8 Å². The van der Waals surface area contributed by atoms with Crippen LogP contribution in [0.1, 0.15) is 39.5 Å². The van der Waals surface area contributed by atoms with E-state index in [1.807, 2.05) is 7.11 Å². The van der Waals surface area contributed by atoms with Gasteiger partial charge in [0.1, 0.15) is 0 Å². The standard InChI is InChI=1S/C11H23NO/c1-5-11(6-2,13-4)10(12-3)9-7-8-9/h9-10,12H,5-8H2,1-4H3. The number of hydrogen-bond donors (Lipinski definition) is 1. The van der Waals surface area contributed by atoms with E-state index in [1.54, 1.807) is 0 Å². The molecule has 1 fully saturated rings. The smallest absolute Gasteiger partial charge is 0.0828 e. The van der Waals surface area contributed by atoms with Gasteiger partial charge in [-0.25, -0.2) is 0 Å². The first-order chi connectivity index (χ1) is 6.24. The van der Waals surface area contributed by atoms with Crippen LogP contribution < -0.4 is 5.32 Å². The van der Waals surface area contributed by atoms with Crippen molar-refractivity contribution in [3.8, 4) is 0 Å². The van der Waals surface area contributed by atoms with Gasteiger partial charge in [-0.2, -0.15) is 0 Å². The highest BCUT2D eigenvalue weighted by molar-refractivity contribution is 4.99. The first-order valence-electron chi connectivity index (χ1n) is 5.46. The minimum absolute atomic E-state index is 0.0654. The summed E-state index contributed by atoms with van der Waals surface area (Å²) < 4.78 is 5.73. The molecule has 1 unspecified atom stereocenters. The van der Waals surface area contributed by atoms with Crippen LogP contribution in [-0.4, -0.2) is 25.8 Å². The largest absolute Gasteiger partial charge is 0.377 e. The van der Waals surface area contributed by atoms with Crippen molar-refractivity contribution in [2.75, 3.05) is 14.2 Å². The third-order valence-electron chi connectivity index (χ3n) is 3.57. The number of methoxy groups -OCH3 is 1. The highest BCUT2D eigenvalue weighted by Gasteiger charge is 2.43. The summed E-state index contributed by atoms with van der Waals surface area (Å²) in [6, 6.07) is 0.549. The van der Waals surface area contributed by atoms with Crippen LogP contribution in [0.4, 0.5) is 0 Å². The molecule has 1 aliphatic carbocycles. The first-order valence-corrected chi connectivity index (χ1v) is 5.46. The third kappa shape index (κ3) is 2.05. The summed E-state index contributed by atoms with van der Waals surface area (Å²) in [5.74, 6) is 0.852. The molecule has 0 aromatic rings. The number of ether oxygens (including phenoxy) is 1. The molecular formula is C11H23NO. The van der Waals surface area contributed by atoms with Crippen molar-refractivity contribution in [1.29, 1.82) is 0 Å². The van der Waals surface area contributed by atoms with Gasteiger partial charge in [0.2, 0.25) is 0 Å². The minimum Gasteiger partial charge on any atom is -0.377 e. The van der Waals surface area contributed by atoms with E-state index < -0.39 is 0 Å². The van der Waals surface area contributed by atoms with Crippen molar-refractivity contribution in [2.45, 2.75) is 51.2 Å². The van der Waals surface area contributed by atoms with E-state index in [4.69, 9.17) is 4.74 Å². The van der Waals surface area contributed by atoms with Crippen LogP contribution in [0.25, 0.3) is 0 Å². The monoisotopic (exact) mass is 185 g/mol. The maximum absolute atomic E-state index is 5.73. The van der Waals surface area contributed by atoms with Gasteiger partial charge < -0.3 is 10.1 Å². The Kier molecular flexibility index (Phi) is 3.74. The average Bonchev–Trinajstić information content (AvgIpc) is 2.98. The predicted molar refractivity (Wildman–Crippen MR) is 55.9 cm³/mol. The van der Waals surface area contributed by atoms with Crippen LogP contribution in [0.5, 0.6) is 0 Å². The van der Waals surface area contributed by atoms with Gasteiger partial charge in [0.25, 0.3) is 0 Å². The van der Waals surface area contributed by atoms with Gasteiger partial charge in [-0.05, 0) is 38.6 Å². The SMILES string of the molecule is CCC(CC)(OC)C(NC)C1CC1. The molecule has 78 valence electrons. The van der Waals surface area contributed by atoms with Crippen LogP contribution in [0.15, 0.2) is 0 Å². The molecule has 2 nitrogen and oxygen atoms in total. The molecule has 1 atom stereocenters. The quantitative estimate of drug-likeness (QED) is 0.685. The number of hydrogen-bond acceptors (Lipinski definition) is 2. The fourth-order valence-electron chi connectivity index (χ4n) is 2.46. The van der Waals surface area contributed by atoms with Gasteiger partial charge in [-0.3, -0.25) is 0 Å². The predicted octanol–water partition coefficient (Wildman–Crippen LogP) is 2.19. The Labute approximate surface area is 82.0 Å². The van der Waals surface area contributed by atoms with Gasteiger partial charge in [0.15, 0.2) is 0 Å². The maximum Gasteiger partial charge on any atom is 0.0828 e. The summed E-state index contributed by atoms with van der Waals surface area (Å²) in [6.07, 6.45) is 4.94. The molecule has 0 bridgehead atoms. The molecule has 1 aliphatic rings. The summed E-state index contributed by atoms with van der Waals surface area (Å²) in [6.45, 7) is 4.44. The van der Waals surface area contributed by atoms with E-state index in [2.05, 4.69) is 26.2 Å². The molecule has 0 heterocycles. The summed E-state index contributed by atoms with van der Waals surface area (Å²) in [5, 5.41) is 3.43. The lowest BCUT2D eigenvalue weighted by molar-refractivity contribution is -0.0512. The third-order valence-corrected chi connectivity index (χ3v) is 3.57. The van der Waals surface area contributed by atoms with Crippen molar-refractivity contribution in [1.82, 2.24) is 5.32 Å². The van der Waals surface area contributed by atoms with Crippen molar-refractivity contribution in [3.05, 3.63) is 0 Å². The molecule has 1 rings (SSSR count). The Hall–Kier alpha value is -0.0800. The van der Waals surface area contributed by atoms with E-state index in [9.17, 15) is 0 Å². The van der Waals surface area contributed by atoms with Crippen LogP contribution >= 0.6 is 0 Å². The average molecular weight is 185 g/mol. The Morgan fingerprint density at radius 1 is 1.38 bits per heavy atom. The van der Waals surface area contributed by atoms with E-state index >= 15 is 0 Å². The zero-order chi connectivity index (χ0) is 9.90. The molecular weight excluding hydrogens is 162 g/mol. The molecule has 13 heavy (non-hydrogen) atoms. The molecule has 0 aromatic carbocycles. The van der Waals surface area contributed by atoms with Crippen LogP contribution in [-0.2, 0) is 4.74 Å². The normalized spacial score (nSPS) is 20.3. The fraction of sp³-hybridized carbons (Fsp3) is 1.00. The molecule has 0 spiro atoms. The lowest BCUT2D eigenvalue weighted by atomic mass is 9.85. The molecule has 0 aromatic heterocycles. The maximum atomic E-state index is 5.73. The van der Waals surface area contributed by atoms with Crippen LogP contribution in [0.2, 0.25) is 0 Å². The number of rotatable bonds is 6. The number of likely N-dealkylation sites (N-methyl/N-ethyl adjacent to an activating group) is 1. The van der Waals surface area contributed by atoms with Crippen LogP contribution in [0.3, 0.4) is 0 Å². The minimum atomic E-state index is 0.0654. The molecule has 0 aliphatic heterocycles. The number of nitrogens with one attached hydrogen (secondary N) is 1. The zero-order valence-electron chi connectivity index (χ0n) is 9.39. The molecule has 2 heteroatoms. The molecule has 0 radical (unpaired) electrons. The van der Waals surface area contributed by atoms with Crippen LogP contribution in [0, 0.1) is 5.92 Å². The molecule has 0 amide bonds. The topological polar surface area (TPSA) is 21.3 Å². The molecule has 1 saturated carbocycles. The molecule has 1 N–H and O–H groups in total. The van der Waals surface area contributed by atoms with E-state index in [0.29, 0.717) is 6.04 Å². The van der Waals surface area contributed by atoms with E-state index in [-0.39, 0.29) is 5.60 Å². The highest BCUT2D eigenvalue weighted by Crippen LogP contribution is 2.40. The highest BCUT2D eigenvalue weighted by atomic mass is 16.5. The van der Waals surface area contributed by atoms with Gasteiger partial charge in [-0.15, -0.1) is 0 Å². The Balaban J connectivity index is 2.68. The van der Waals surface area contributed by atoms with Gasteiger partial charge in [-0.1, -0.05) is 13.8 Å². The Bertz CT molecular complexity index is 142. The van der Waals surface area contributed by atoms with Gasteiger partial charge in [0.05, 0.1) is 5.60 Å². The van der Waals surface area contributed by atoms with E-state index in [0.717, 1.165) is 18.8 Å². The summed E-state index contributed by atoms with van der Waals surface area (Å²) >= 11 is 0. The summed E-state index contributed by atoms with van der Waals surface area (Å²) in [4.78, 5) is 0. The van der Waals surface area contributed by atoms with Crippen molar-refractivity contribution >= 4 is 0 Å². The lowest BCUT2D eigenvalue weighted by Crippen LogP contribution is -2.51. The second-order valence-electron chi connectivity index (χ2n) is 4.08. The Morgan fingerprint density at radius 3 is 2.15 bits per heavy atom. The van der Waals surface area contributed by atoms with Crippen molar-refractivity contribution < 1.29 is 4.74 Å². The summed E-state index contributed by atoms with van der Waals surface area (Å²) in [5.41, 5.74) is 0.0654. The lowest BCUT2D eigenvalue weighted by Gasteiger charge is -2.38. The summed E-state index contributed by atoms with van der Waals surface area (Å²) in [7, 11) is 3.90. The fourth-order valence-corrected chi connectivity index (χ4v) is 2.46. The van der Waals surface area contributed by atoms with Crippen molar-refractivity contribution in [3.63, 3.8) is 0 Å². The second kappa shape index (κ2) is 4.43. The first kappa shape index (κ1) is 11.0. The molecule has 0 saturated heterocycles. The van der Waals surface area contributed by atoms with Gasteiger partial charge >= 0.3 is 0 Å². The zero-order valence-corrected chi connectivity index (χ0v) is 9.39. The second-order valence-corrected chi connectivity index (χ2v) is 4.08. The van der Waals surface area contributed by atoms with Crippen molar-refractivity contribution in [2.24, 2.45) is 5.92 Å². The van der Waals surface area contributed by atoms with Gasteiger partial charge in [0, 0.05) is 13.2 Å².